The van der Waals surface area contributed by atoms with Gasteiger partial charge >= 0.3 is 0 Å². The molecule has 2 aliphatic carbocycles. The molecule has 4 heterocycles. The van der Waals surface area contributed by atoms with Crippen molar-refractivity contribution >= 4 is 43.1 Å². The van der Waals surface area contributed by atoms with E-state index in [1.54, 1.807) is 0 Å². The van der Waals surface area contributed by atoms with Crippen molar-refractivity contribution in [1.29, 1.82) is 0 Å². The normalized spacial score (nSPS) is 13.3. The van der Waals surface area contributed by atoms with E-state index in [0.717, 1.165) is 155 Å². The van der Waals surface area contributed by atoms with E-state index in [1.807, 2.05) is 0 Å². The van der Waals surface area contributed by atoms with E-state index >= 15 is 0 Å². The molecule has 2 aliphatic heterocycles. The number of rotatable bonds is 9. The molecule has 0 unspecified atom stereocenters. The molecule has 8 nitrogen and oxygen atoms in total. The fourth-order valence-corrected chi connectivity index (χ4v) is 19.4. The van der Waals surface area contributed by atoms with Gasteiger partial charge in [-0.25, -0.2) is 29.9 Å². The first-order valence-corrected chi connectivity index (χ1v) is 39.4. The first-order chi connectivity index (χ1) is 57.4. The van der Waals surface area contributed by atoms with Crippen molar-refractivity contribution in [2.45, 2.75) is 10.8 Å². The molecule has 20 aromatic rings. The minimum Gasteiger partial charge on any atom is -0.457 e. The van der Waals surface area contributed by atoms with Crippen molar-refractivity contribution in [2.24, 2.45) is 0 Å². The van der Waals surface area contributed by atoms with Gasteiger partial charge in [-0.1, -0.05) is 340 Å². The smallest absolute Gasteiger partial charge is 0.164 e. The maximum absolute atomic E-state index is 6.66. The largest absolute Gasteiger partial charge is 0.457 e. The highest BCUT2D eigenvalue weighted by molar-refractivity contribution is 6.03. The third kappa shape index (κ3) is 9.87. The lowest BCUT2D eigenvalue weighted by molar-refractivity contribution is 0.436. The van der Waals surface area contributed by atoms with Crippen LogP contribution in [0.15, 0.2) is 388 Å². The van der Waals surface area contributed by atoms with Gasteiger partial charge in [0.1, 0.15) is 23.0 Å². The third-order valence-electron chi connectivity index (χ3n) is 24.5. The van der Waals surface area contributed by atoms with Crippen LogP contribution in [0.25, 0.3) is 167 Å². The van der Waals surface area contributed by atoms with Gasteiger partial charge in [0, 0.05) is 55.6 Å². The SMILES string of the molecule is c1ccc2c(c1)Oc1ccccc1C21c2ccccc2-c2c(-c3ccc(-c4nc(-c5ccc6ccccc6c5)nc(-c5ccc6cc(-c7ccc8c(-c9nc(-c%10ccc(-c%11cccc%12c%11-c%11ccccc%11C%12%11c%12ccccc%12Oc%12ccccc%12%11)cc%10)nc(-c%10cccc%11ccccc%10%11)n9)cccc8c7)ccc6c5)n4)cc3)cccc21. The van der Waals surface area contributed by atoms with Gasteiger partial charge in [0.15, 0.2) is 34.9 Å². The molecule has 538 valence electrons. The van der Waals surface area contributed by atoms with E-state index in [2.05, 4.69) is 388 Å². The molecule has 2 spiro atoms. The average Bonchev–Trinajstić information content (AvgIpc) is 1.52. The molecule has 0 fully saturated rings. The first kappa shape index (κ1) is 65.3. The highest BCUT2D eigenvalue weighted by atomic mass is 16.5. The van der Waals surface area contributed by atoms with E-state index in [9.17, 15) is 0 Å². The molecule has 18 aromatic carbocycles. The van der Waals surface area contributed by atoms with Crippen LogP contribution in [0.2, 0.25) is 0 Å². The summed E-state index contributed by atoms with van der Waals surface area (Å²) in [5.74, 6) is 7.06. The van der Waals surface area contributed by atoms with Crippen LogP contribution >= 0.6 is 0 Å². The number of fused-ring (bicyclic) bond motifs is 22. The standard InChI is InChI=1S/C108H64N6O2/c1-2-23-71-63-77(57-45-65(71)21-1)103-109-101(69-50-46-67(47-51-69)81-29-19-39-93-99(81)85-27-5-7-33-87(85)107(93)89-35-9-13-41-95(89)115-96-42-14-10-36-90(96)107)110-104(111-103)78-58-56-73-61-72(54-55-74(73)64-78)75-59-60-80-76(62-75)25-18-32-84(80)106-113-102(112-105(114-106)83-31-17-24-66-22-3-4-26-79(66)83)70-52-48-68(49-53-70)82-30-20-40-94-100(82)86-28-6-8-34-88(86)108(94)91-37-11-15-43-97(91)116-98-44-16-12-38-92(98)108/h1-64H. The minimum atomic E-state index is -0.573. The molecular formula is C108H64N6O2. The number of para-hydroxylation sites is 4. The van der Waals surface area contributed by atoms with Gasteiger partial charge in [0.2, 0.25) is 0 Å². The first-order valence-electron chi connectivity index (χ1n) is 39.4. The van der Waals surface area contributed by atoms with E-state index in [4.69, 9.17) is 39.4 Å². The summed E-state index contributed by atoms with van der Waals surface area (Å²) in [5, 5.41) is 8.71. The van der Waals surface area contributed by atoms with Gasteiger partial charge in [-0.2, -0.15) is 0 Å². The maximum Gasteiger partial charge on any atom is 0.164 e. The van der Waals surface area contributed by atoms with Crippen molar-refractivity contribution in [2.75, 3.05) is 0 Å². The Morgan fingerprint density at radius 1 is 0.164 bits per heavy atom. The molecule has 0 radical (unpaired) electrons. The summed E-state index contributed by atoms with van der Waals surface area (Å²) in [4.78, 5) is 32.1. The van der Waals surface area contributed by atoms with E-state index < -0.39 is 10.8 Å². The summed E-state index contributed by atoms with van der Waals surface area (Å²) in [6, 6.07) is 139. The Hall–Kier alpha value is -15.4. The Labute approximate surface area is 668 Å². The van der Waals surface area contributed by atoms with Crippen molar-refractivity contribution in [1.82, 2.24) is 29.9 Å². The molecule has 116 heavy (non-hydrogen) atoms. The van der Waals surface area contributed by atoms with Crippen LogP contribution in [0.5, 0.6) is 23.0 Å². The van der Waals surface area contributed by atoms with Crippen molar-refractivity contribution in [3.8, 4) is 147 Å². The van der Waals surface area contributed by atoms with Crippen LogP contribution in [0.1, 0.15) is 44.5 Å². The second-order valence-corrected chi connectivity index (χ2v) is 30.6. The fraction of sp³-hybridized carbons (Fsp3) is 0.0185. The van der Waals surface area contributed by atoms with Crippen LogP contribution in [0.3, 0.4) is 0 Å². The molecule has 0 saturated heterocycles. The zero-order valence-corrected chi connectivity index (χ0v) is 62.5. The number of hydrogen-bond acceptors (Lipinski definition) is 8. The van der Waals surface area contributed by atoms with Crippen molar-refractivity contribution in [3.05, 3.63) is 433 Å². The molecule has 4 aliphatic rings. The lowest BCUT2D eigenvalue weighted by atomic mass is 9.66. The molecule has 0 N–H and O–H groups in total. The Morgan fingerprint density at radius 2 is 0.448 bits per heavy atom. The molecule has 8 heteroatoms. The third-order valence-corrected chi connectivity index (χ3v) is 24.5. The molecule has 0 bridgehead atoms. The monoisotopic (exact) mass is 1480 g/mol. The van der Waals surface area contributed by atoms with Crippen LogP contribution in [-0.2, 0) is 10.8 Å². The number of benzene rings is 18. The lowest BCUT2D eigenvalue weighted by Gasteiger charge is -2.39. The van der Waals surface area contributed by atoms with Crippen molar-refractivity contribution < 1.29 is 9.47 Å². The van der Waals surface area contributed by atoms with Gasteiger partial charge in [0.05, 0.1) is 10.8 Å². The summed E-state index contributed by atoms with van der Waals surface area (Å²) >= 11 is 0. The highest BCUT2D eigenvalue weighted by Gasteiger charge is 2.53. The van der Waals surface area contributed by atoms with E-state index in [0.29, 0.717) is 34.9 Å². The van der Waals surface area contributed by atoms with Crippen molar-refractivity contribution in [3.63, 3.8) is 0 Å². The predicted octanol–water partition coefficient (Wildman–Crippen LogP) is 26.6. The number of nitrogens with zero attached hydrogens (tertiary/aromatic N) is 6. The van der Waals surface area contributed by atoms with Crippen LogP contribution < -0.4 is 9.47 Å². The topological polar surface area (TPSA) is 95.8 Å². The summed E-state index contributed by atoms with van der Waals surface area (Å²) in [7, 11) is 0. The van der Waals surface area contributed by atoms with Gasteiger partial charge in [-0.3, -0.25) is 0 Å². The zero-order valence-electron chi connectivity index (χ0n) is 62.5. The average molecular weight is 1480 g/mol. The van der Waals surface area contributed by atoms with Crippen LogP contribution in [0.4, 0.5) is 0 Å². The second-order valence-electron chi connectivity index (χ2n) is 30.6. The number of hydrogen-bond donors (Lipinski definition) is 0. The molecule has 0 atom stereocenters. The van der Waals surface area contributed by atoms with E-state index in [1.165, 1.54) is 44.5 Å². The van der Waals surface area contributed by atoms with Gasteiger partial charge < -0.3 is 9.47 Å². The van der Waals surface area contributed by atoms with Gasteiger partial charge in [-0.05, 0) is 170 Å². The Balaban J connectivity index is 0.566. The molecule has 24 rings (SSSR count). The summed E-state index contributed by atoms with van der Waals surface area (Å²) < 4.78 is 13.3. The van der Waals surface area contributed by atoms with Gasteiger partial charge in [-0.15, -0.1) is 0 Å². The molecule has 0 saturated carbocycles. The molecular weight excluding hydrogens is 1410 g/mol. The van der Waals surface area contributed by atoms with Crippen LogP contribution in [0, 0.1) is 0 Å². The van der Waals surface area contributed by atoms with Crippen LogP contribution in [-0.4, -0.2) is 29.9 Å². The Bertz CT molecular complexity index is 7460. The fourth-order valence-electron chi connectivity index (χ4n) is 19.4. The summed E-state index contributed by atoms with van der Waals surface area (Å²) in [6.45, 7) is 0. The van der Waals surface area contributed by atoms with Gasteiger partial charge in [0.25, 0.3) is 0 Å². The lowest BCUT2D eigenvalue weighted by Crippen LogP contribution is -2.32. The zero-order chi connectivity index (χ0) is 76.2. The Kier molecular flexibility index (Phi) is 14.4. The Morgan fingerprint density at radius 3 is 0.948 bits per heavy atom. The highest BCUT2D eigenvalue weighted by Crippen LogP contribution is 2.65. The molecule has 0 amide bonds. The second kappa shape index (κ2) is 25.6. The number of aromatic nitrogens is 6. The molecule has 2 aromatic heterocycles. The number of ether oxygens (including phenoxy) is 2. The van der Waals surface area contributed by atoms with E-state index in [-0.39, 0.29) is 0 Å². The quantitative estimate of drug-likeness (QED) is 0.141. The predicted molar refractivity (Wildman–Crippen MR) is 467 cm³/mol. The summed E-state index contributed by atoms with van der Waals surface area (Å²) in [5.41, 5.74) is 25.4. The summed E-state index contributed by atoms with van der Waals surface area (Å²) in [6.07, 6.45) is 0. The minimum absolute atomic E-state index is 0.570. The maximum atomic E-state index is 6.66.